The third-order valence-electron chi connectivity index (χ3n) is 5.01. The molecule has 0 radical (unpaired) electrons. The number of rotatable bonds is 3. The van der Waals surface area contributed by atoms with Crippen LogP contribution in [0.2, 0.25) is 0 Å². The van der Waals surface area contributed by atoms with Crippen LogP contribution in [0.25, 0.3) is 0 Å². The Bertz CT molecular complexity index is 754. The lowest BCUT2D eigenvalue weighted by molar-refractivity contribution is 0.209. The largest absolute Gasteiger partial charge is 0.326 e. The Morgan fingerprint density at radius 3 is 2.56 bits per heavy atom. The van der Waals surface area contributed by atoms with Crippen molar-refractivity contribution in [3.05, 3.63) is 64.7 Å². The maximum absolute atomic E-state index is 12.8. The van der Waals surface area contributed by atoms with Gasteiger partial charge in [-0.25, -0.2) is 4.79 Å². The molecule has 2 amide bonds. The molecule has 0 aromatic heterocycles. The van der Waals surface area contributed by atoms with Crippen molar-refractivity contribution in [1.82, 2.24) is 4.90 Å². The van der Waals surface area contributed by atoms with E-state index >= 15 is 0 Å². The van der Waals surface area contributed by atoms with Crippen LogP contribution in [0.3, 0.4) is 0 Å². The van der Waals surface area contributed by atoms with Gasteiger partial charge in [-0.3, -0.25) is 0 Å². The quantitative estimate of drug-likeness (QED) is 0.883. The summed E-state index contributed by atoms with van der Waals surface area (Å²) in [6, 6.07) is 14.8. The maximum Gasteiger partial charge on any atom is 0.322 e. The molecule has 4 heteroatoms. The molecule has 2 aromatic rings. The number of anilines is 1. The molecule has 1 aliphatic rings. The van der Waals surface area contributed by atoms with Crippen molar-refractivity contribution < 1.29 is 4.79 Å². The topological polar surface area (TPSA) is 58.4 Å². The van der Waals surface area contributed by atoms with Gasteiger partial charge < -0.3 is 16.0 Å². The fraction of sp³-hybridized carbons (Fsp3) is 0.381. The van der Waals surface area contributed by atoms with E-state index in [-0.39, 0.29) is 12.1 Å². The Balaban J connectivity index is 1.70. The first-order valence-electron chi connectivity index (χ1n) is 8.91. The summed E-state index contributed by atoms with van der Waals surface area (Å²) in [6.45, 7) is 7.46. The Hall–Kier alpha value is -2.33. The third-order valence-corrected chi connectivity index (χ3v) is 5.01. The average molecular weight is 337 g/mol. The Kier molecular flexibility index (Phi) is 5.09. The molecule has 1 fully saturated rings. The first-order valence-corrected chi connectivity index (χ1v) is 8.91. The molecule has 25 heavy (non-hydrogen) atoms. The number of benzene rings is 2. The van der Waals surface area contributed by atoms with Crippen molar-refractivity contribution in [3.63, 3.8) is 0 Å². The van der Waals surface area contributed by atoms with Crippen LogP contribution in [0.5, 0.6) is 0 Å². The molecular formula is C21H27N3O. The zero-order chi connectivity index (χ0) is 18.0. The highest BCUT2D eigenvalue weighted by Gasteiger charge is 2.33. The molecular weight excluding hydrogens is 310 g/mol. The Morgan fingerprint density at radius 2 is 1.88 bits per heavy atom. The van der Waals surface area contributed by atoms with Crippen molar-refractivity contribution in [2.24, 2.45) is 5.73 Å². The van der Waals surface area contributed by atoms with E-state index in [0.717, 1.165) is 29.8 Å². The normalized spacial score (nSPS) is 19.9. The molecule has 0 saturated carbocycles. The van der Waals surface area contributed by atoms with Gasteiger partial charge in [0, 0.05) is 30.7 Å². The highest BCUT2D eigenvalue weighted by Crippen LogP contribution is 2.32. The van der Waals surface area contributed by atoms with E-state index in [2.05, 4.69) is 43.4 Å². The lowest BCUT2D eigenvalue weighted by atomic mass is 9.96. The molecule has 0 spiro atoms. The van der Waals surface area contributed by atoms with Gasteiger partial charge in [-0.15, -0.1) is 0 Å². The van der Waals surface area contributed by atoms with Gasteiger partial charge in [-0.05, 0) is 56.0 Å². The first-order chi connectivity index (χ1) is 12.0. The van der Waals surface area contributed by atoms with Crippen molar-refractivity contribution >= 4 is 11.7 Å². The van der Waals surface area contributed by atoms with E-state index in [4.69, 9.17) is 5.73 Å². The minimum Gasteiger partial charge on any atom is -0.326 e. The zero-order valence-electron chi connectivity index (χ0n) is 15.3. The minimum absolute atomic E-state index is 0.0318. The van der Waals surface area contributed by atoms with E-state index in [1.54, 1.807) is 0 Å². The third kappa shape index (κ3) is 4.02. The smallest absolute Gasteiger partial charge is 0.322 e. The number of nitrogens with one attached hydrogen (secondary N) is 1. The molecule has 2 unspecified atom stereocenters. The fourth-order valence-corrected chi connectivity index (χ4v) is 3.64. The molecule has 1 saturated heterocycles. The van der Waals surface area contributed by atoms with E-state index in [1.165, 1.54) is 11.1 Å². The summed E-state index contributed by atoms with van der Waals surface area (Å²) >= 11 is 0. The van der Waals surface area contributed by atoms with Gasteiger partial charge >= 0.3 is 6.03 Å². The molecule has 0 aliphatic carbocycles. The molecule has 4 nitrogen and oxygen atoms in total. The van der Waals surface area contributed by atoms with Crippen molar-refractivity contribution in [2.45, 2.75) is 45.7 Å². The molecule has 2 aromatic carbocycles. The summed E-state index contributed by atoms with van der Waals surface area (Å²) in [4.78, 5) is 14.7. The van der Waals surface area contributed by atoms with Gasteiger partial charge in [0.05, 0.1) is 0 Å². The highest BCUT2D eigenvalue weighted by atomic mass is 16.2. The van der Waals surface area contributed by atoms with Crippen LogP contribution >= 0.6 is 0 Å². The van der Waals surface area contributed by atoms with Crippen molar-refractivity contribution in [1.29, 1.82) is 0 Å². The maximum atomic E-state index is 12.8. The number of hydrogen-bond acceptors (Lipinski definition) is 2. The standard InChI is InChI=1S/C21H27N3O/c1-14-4-6-18(7-5-14)19-10-16(3)24(13-19)21(25)23-20-9-15(2)8-17(11-20)12-22/h4-9,11,16,19H,10,12-13,22H2,1-3H3,(H,23,25). The van der Waals surface area contributed by atoms with Gasteiger partial charge in [0.2, 0.25) is 0 Å². The lowest BCUT2D eigenvalue weighted by Crippen LogP contribution is -2.37. The summed E-state index contributed by atoms with van der Waals surface area (Å²) in [5, 5.41) is 3.04. The van der Waals surface area contributed by atoms with E-state index in [9.17, 15) is 4.79 Å². The number of nitrogens with zero attached hydrogens (tertiary/aromatic N) is 1. The van der Waals surface area contributed by atoms with Gasteiger partial charge in [-0.1, -0.05) is 35.9 Å². The summed E-state index contributed by atoms with van der Waals surface area (Å²) in [5.41, 5.74) is 11.3. The van der Waals surface area contributed by atoms with Crippen LogP contribution in [0.15, 0.2) is 42.5 Å². The number of aryl methyl sites for hydroxylation is 2. The minimum atomic E-state index is -0.0318. The van der Waals surface area contributed by atoms with Crippen LogP contribution in [0.1, 0.15) is 41.5 Å². The second-order valence-corrected chi connectivity index (χ2v) is 7.19. The SMILES string of the molecule is Cc1ccc(C2CC(C)N(C(=O)Nc3cc(C)cc(CN)c3)C2)cc1. The predicted molar refractivity (Wildman–Crippen MR) is 103 cm³/mol. The van der Waals surface area contributed by atoms with E-state index < -0.39 is 0 Å². The fourth-order valence-electron chi connectivity index (χ4n) is 3.64. The number of nitrogens with two attached hydrogens (primary N) is 1. The summed E-state index contributed by atoms with van der Waals surface area (Å²) in [7, 11) is 0. The summed E-state index contributed by atoms with van der Waals surface area (Å²) < 4.78 is 0. The molecule has 3 rings (SSSR count). The second kappa shape index (κ2) is 7.28. The molecule has 3 N–H and O–H groups in total. The van der Waals surface area contributed by atoms with E-state index in [1.807, 2.05) is 30.0 Å². The summed E-state index contributed by atoms with van der Waals surface area (Å²) in [6.07, 6.45) is 0.998. The average Bonchev–Trinajstić information content (AvgIpc) is 2.97. The molecule has 1 heterocycles. The Labute approximate surface area is 150 Å². The van der Waals surface area contributed by atoms with Gasteiger partial charge in [0.15, 0.2) is 0 Å². The van der Waals surface area contributed by atoms with E-state index in [0.29, 0.717) is 12.5 Å². The van der Waals surface area contributed by atoms with Crippen LogP contribution < -0.4 is 11.1 Å². The number of carbonyl (C=O) groups excluding carboxylic acids is 1. The van der Waals surface area contributed by atoms with Crippen LogP contribution in [-0.2, 0) is 6.54 Å². The van der Waals surface area contributed by atoms with Crippen molar-refractivity contribution in [3.8, 4) is 0 Å². The predicted octanol–water partition coefficient (Wildman–Crippen LogP) is 4.17. The first kappa shape index (κ1) is 17.5. The molecule has 0 bridgehead atoms. The second-order valence-electron chi connectivity index (χ2n) is 7.19. The number of carbonyl (C=O) groups is 1. The zero-order valence-corrected chi connectivity index (χ0v) is 15.3. The van der Waals surface area contributed by atoms with Gasteiger partial charge in [0.25, 0.3) is 0 Å². The number of hydrogen-bond donors (Lipinski definition) is 2. The van der Waals surface area contributed by atoms with Crippen molar-refractivity contribution in [2.75, 3.05) is 11.9 Å². The number of likely N-dealkylation sites (tertiary alicyclic amines) is 1. The molecule has 132 valence electrons. The lowest BCUT2D eigenvalue weighted by Gasteiger charge is -2.22. The summed E-state index contributed by atoms with van der Waals surface area (Å²) in [5.74, 6) is 0.401. The van der Waals surface area contributed by atoms with Crippen LogP contribution in [-0.4, -0.2) is 23.5 Å². The van der Waals surface area contributed by atoms with Crippen LogP contribution in [0, 0.1) is 13.8 Å². The van der Waals surface area contributed by atoms with Crippen LogP contribution in [0.4, 0.5) is 10.5 Å². The molecule has 2 atom stereocenters. The monoisotopic (exact) mass is 337 g/mol. The van der Waals surface area contributed by atoms with Gasteiger partial charge in [0.1, 0.15) is 0 Å². The highest BCUT2D eigenvalue weighted by molar-refractivity contribution is 5.90. The van der Waals surface area contributed by atoms with Gasteiger partial charge in [-0.2, -0.15) is 0 Å². The number of urea groups is 1. The Morgan fingerprint density at radius 1 is 1.16 bits per heavy atom. The number of amides is 2. The molecule has 1 aliphatic heterocycles.